The van der Waals surface area contributed by atoms with Crippen molar-refractivity contribution in [2.75, 3.05) is 6.54 Å². The molecule has 2 atom stereocenters. The largest absolute Gasteiger partial charge is 0.393 e. The molecule has 0 saturated heterocycles. The highest BCUT2D eigenvalue weighted by molar-refractivity contribution is 6.31. The van der Waals surface area contributed by atoms with Crippen molar-refractivity contribution in [3.63, 3.8) is 0 Å². The molecule has 1 fully saturated rings. The van der Waals surface area contributed by atoms with Crippen LogP contribution in [0.3, 0.4) is 0 Å². The summed E-state index contributed by atoms with van der Waals surface area (Å²) in [7, 11) is 0. The Labute approximate surface area is 125 Å². The van der Waals surface area contributed by atoms with E-state index in [0.717, 1.165) is 36.3 Å². The Morgan fingerprint density at radius 2 is 2.15 bits per heavy atom. The number of carbonyl (C=O) groups is 1. The summed E-state index contributed by atoms with van der Waals surface area (Å²) in [4.78, 5) is 11.8. The van der Waals surface area contributed by atoms with Gasteiger partial charge in [-0.15, -0.1) is 0 Å². The van der Waals surface area contributed by atoms with Gasteiger partial charge in [0.1, 0.15) is 0 Å². The molecule has 1 saturated carbocycles. The summed E-state index contributed by atoms with van der Waals surface area (Å²) in [5.74, 6) is 0.480. The van der Waals surface area contributed by atoms with E-state index in [2.05, 4.69) is 5.32 Å². The zero-order valence-electron chi connectivity index (χ0n) is 11.6. The van der Waals surface area contributed by atoms with Crippen molar-refractivity contribution in [3.8, 4) is 0 Å². The predicted octanol–water partition coefficient (Wildman–Crippen LogP) is 2.94. The lowest BCUT2D eigenvalue weighted by Crippen LogP contribution is -2.33. The third-order valence-corrected chi connectivity index (χ3v) is 4.29. The number of amides is 1. The van der Waals surface area contributed by atoms with E-state index in [1.54, 1.807) is 0 Å². The summed E-state index contributed by atoms with van der Waals surface area (Å²) in [6.45, 7) is 0.679. The van der Waals surface area contributed by atoms with Crippen molar-refractivity contribution >= 4 is 17.5 Å². The molecule has 1 aliphatic rings. The minimum absolute atomic E-state index is 0.0602. The maximum atomic E-state index is 11.8. The van der Waals surface area contributed by atoms with E-state index in [1.165, 1.54) is 0 Å². The molecule has 2 N–H and O–H groups in total. The van der Waals surface area contributed by atoms with E-state index in [1.807, 2.05) is 24.3 Å². The second-order valence-electron chi connectivity index (χ2n) is 5.58. The maximum absolute atomic E-state index is 11.8. The number of nitrogens with one attached hydrogen (secondary N) is 1. The van der Waals surface area contributed by atoms with Gasteiger partial charge in [0.05, 0.1) is 6.10 Å². The molecule has 1 amide bonds. The Morgan fingerprint density at radius 1 is 1.35 bits per heavy atom. The highest BCUT2D eigenvalue weighted by atomic mass is 35.5. The standard InChI is InChI=1S/C16H22ClNO2/c17-15-7-2-1-5-13(15)8-9-16(20)18-11-12-4-3-6-14(19)10-12/h1-2,5,7,12,14,19H,3-4,6,8-11H2,(H,18,20). The molecule has 0 spiro atoms. The number of rotatable bonds is 5. The van der Waals surface area contributed by atoms with Crippen LogP contribution in [0.4, 0.5) is 0 Å². The lowest BCUT2D eigenvalue weighted by atomic mass is 9.87. The highest BCUT2D eigenvalue weighted by Gasteiger charge is 2.20. The fourth-order valence-electron chi connectivity index (χ4n) is 2.74. The molecule has 2 unspecified atom stereocenters. The summed E-state index contributed by atoms with van der Waals surface area (Å²) in [5.41, 5.74) is 1.01. The molecule has 1 aromatic carbocycles. The Hall–Kier alpha value is -1.06. The molecule has 0 radical (unpaired) electrons. The van der Waals surface area contributed by atoms with Gasteiger partial charge in [-0.2, -0.15) is 0 Å². The number of aliphatic hydroxyl groups is 1. The first-order valence-corrected chi connectivity index (χ1v) is 7.71. The third kappa shape index (κ3) is 4.80. The SMILES string of the molecule is O=C(CCc1ccccc1Cl)NCC1CCCC(O)C1. The average molecular weight is 296 g/mol. The second-order valence-corrected chi connectivity index (χ2v) is 5.99. The predicted molar refractivity (Wildman–Crippen MR) is 80.7 cm³/mol. The molecule has 110 valence electrons. The van der Waals surface area contributed by atoms with E-state index >= 15 is 0 Å². The number of hydrogen-bond donors (Lipinski definition) is 2. The summed E-state index contributed by atoms with van der Waals surface area (Å²) in [5, 5.41) is 13.3. The molecule has 0 heterocycles. The number of benzene rings is 1. The van der Waals surface area contributed by atoms with Crippen molar-refractivity contribution < 1.29 is 9.90 Å². The first-order chi connectivity index (χ1) is 9.65. The highest BCUT2D eigenvalue weighted by Crippen LogP contribution is 2.23. The zero-order chi connectivity index (χ0) is 14.4. The van der Waals surface area contributed by atoms with Crippen molar-refractivity contribution in [2.45, 2.75) is 44.6 Å². The Balaban J connectivity index is 1.69. The van der Waals surface area contributed by atoms with E-state index in [-0.39, 0.29) is 12.0 Å². The lowest BCUT2D eigenvalue weighted by Gasteiger charge is -2.25. The monoisotopic (exact) mass is 295 g/mol. The van der Waals surface area contributed by atoms with E-state index < -0.39 is 0 Å². The smallest absolute Gasteiger partial charge is 0.220 e. The maximum Gasteiger partial charge on any atom is 0.220 e. The summed E-state index contributed by atoms with van der Waals surface area (Å²) >= 11 is 6.06. The molecule has 4 heteroatoms. The Bertz CT molecular complexity index is 450. The van der Waals surface area contributed by atoms with Crippen molar-refractivity contribution in [2.24, 2.45) is 5.92 Å². The van der Waals surface area contributed by atoms with Gasteiger partial charge < -0.3 is 10.4 Å². The second kappa shape index (κ2) is 7.65. The van der Waals surface area contributed by atoms with E-state index in [9.17, 15) is 9.90 Å². The number of hydrogen-bond acceptors (Lipinski definition) is 2. The molecule has 0 aromatic heterocycles. The van der Waals surface area contributed by atoms with Crippen LogP contribution in [0.2, 0.25) is 5.02 Å². The third-order valence-electron chi connectivity index (χ3n) is 3.92. The molecular formula is C16H22ClNO2. The lowest BCUT2D eigenvalue weighted by molar-refractivity contribution is -0.121. The van der Waals surface area contributed by atoms with E-state index in [0.29, 0.717) is 25.3 Å². The van der Waals surface area contributed by atoms with Gasteiger partial charge in [0, 0.05) is 18.0 Å². The average Bonchev–Trinajstić information content (AvgIpc) is 2.44. The zero-order valence-corrected chi connectivity index (χ0v) is 12.4. The molecule has 2 rings (SSSR count). The molecule has 3 nitrogen and oxygen atoms in total. The van der Waals surface area contributed by atoms with E-state index in [4.69, 9.17) is 11.6 Å². The summed E-state index contributed by atoms with van der Waals surface area (Å²) in [6, 6.07) is 7.62. The van der Waals surface area contributed by atoms with Crippen molar-refractivity contribution in [1.29, 1.82) is 0 Å². The van der Waals surface area contributed by atoms with Crippen LogP contribution < -0.4 is 5.32 Å². The molecule has 20 heavy (non-hydrogen) atoms. The molecule has 0 aliphatic heterocycles. The van der Waals surface area contributed by atoms with Gasteiger partial charge in [-0.3, -0.25) is 4.79 Å². The van der Waals surface area contributed by atoms with Crippen LogP contribution in [-0.4, -0.2) is 23.7 Å². The number of aryl methyl sites for hydroxylation is 1. The number of halogens is 1. The minimum atomic E-state index is -0.186. The number of carbonyl (C=O) groups excluding carboxylic acids is 1. The summed E-state index contributed by atoms with van der Waals surface area (Å²) < 4.78 is 0. The van der Waals surface area contributed by atoms with Crippen LogP contribution in [-0.2, 0) is 11.2 Å². The minimum Gasteiger partial charge on any atom is -0.393 e. The number of aliphatic hydroxyl groups excluding tert-OH is 1. The van der Waals surface area contributed by atoms with Crippen molar-refractivity contribution in [3.05, 3.63) is 34.9 Å². The molecule has 0 bridgehead atoms. The van der Waals surface area contributed by atoms with Crippen LogP contribution in [0.5, 0.6) is 0 Å². The normalized spacial score (nSPS) is 22.5. The molecular weight excluding hydrogens is 274 g/mol. The van der Waals surface area contributed by atoms with Gasteiger partial charge >= 0.3 is 0 Å². The topological polar surface area (TPSA) is 49.3 Å². The van der Waals surface area contributed by atoms with Crippen LogP contribution in [0, 0.1) is 5.92 Å². The van der Waals surface area contributed by atoms with Crippen LogP contribution in [0.15, 0.2) is 24.3 Å². The van der Waals surface area contributed by atoms with Crippen LogP contribution >= 0.6 is 11.6 Å². The first-order valence-electron chi connectivity index (χ1n) is 7.33. The van der Waals surface area contributed by atoms with Crippen molar-refractivity contribution in [1.82, 2.24) is 5.32 Å². The van der Waals surface area contributed by atoms with Gasteiger partial charge in [-0.05, 0) is 43.2 Å². The molecule has 1 aliphatic carbocycles. The van der Waals surface area contributed by atoms with Crippen LogP contribution in [0.1, 0.15) is 37.7 Å². The van der Waals surface area contributed by atoms with Gasteiger partial charge in [-0.1, -0.05) is 36.2 Å². The molecule has 1 aromatic rings. The quantitative estimate of drug-likeness (QED) is 0.877. The van der Waals surface area contributed by atoms with Crippen LogP contribution in [0.25, 0.3) is 0 Å². The van der Waals surface area contributed by atoms with Gasteiger partial charge in [-0.25, -0.2) is 0 Å². The first kappa shape index (κ1) is 15.3. The fourth-order valence-corrected chi connectivity index (χ4v) is 2.97. The van der Waals surface area contributed by atoms with Gasteiger partial charge in [0.25, 0.3) is 0 Å². The fraction of sp³-hybridized carbons (Fsp3) is 0.562. The summed E-state index contributed by atoms with van der Waals surface area (Å²) in [6.07, 6.45) is 4.80. The Kier molecular flexibility index (Phi) is 5.86. The van der Waals surface area contributed by atoms with Gasteiger partial charge in [0.2, 0.25) is 5.91 Å². The Morgan fingerprint density at radius 3 is 2.90 bits per heavy atom. The van der Waals surface area contributed by atoms with Gasteiger partial charge in [0.15, 0.2) is 0 Å².